The molecule has 1 amide bonds. The number of amides is 1. The molecule has 0 fully saturated rings. The van der Waals surface area contributed by atoms with Gasteiger partial charge in [0.1, 0.15) is 0 Å². The van der Waals surface area contributed by atoms with E-state index < -0.39 is 0 Å². The van der Waals surface area contributed by atoms with E-state index in [1.165, 1.54) is 0 Å². The van der Waals surface area contributed by atoms with Gasteiger partial charge in [-0.2, -0.15) is 0 Å². The Hall–Kier alpha value is -2.00. The summed E-state index contributed by atoms with van der Waals surface area (Å²) in [5.74, 6) is -0.142. The van der Waals surface area contributed by atoms with Gasteiger partial charge in [0.05, 0.1) is 0 Å². The van der Waals surface area contributed by atoms with E-state index in [9.17, 15) is 4.79 Å². The number of azide groups is 1. The minimum atomic E-state index is -0.142. The summed E-state index contributed by atoms with van der Waals surface area (Å²) in [5.41, 5.74) is 10.2. The topological polar surface area (TPSA) is 77.9 Å². The minimum Gasteiger partial charge on any atom is -0.352 e. The van der Waals surface area contributed by atoms with Gasteiger partial charge in [-0.3, -0.25) is 4.79 Å². The number of aryl methyl sites for hydroxylation is 1. The van der Waals surface area contributed by atoms with E-state index in [0.717, 1.165) is 12.0 Å². The molecule has 0 spiro atoms. The van der Waals surface area contributed by atoms with Gasteiger partial charge in [-0.1, -0.05) is 18.1 Å². The van der Waals surface area contributed by atoms with E-state index in [1.807, 2.05) is 13.8 Å². The number of carbonyl (C=O) groups is 1. The first-order chi connectivity index (χ1) is 7.69. The zero-order chi connectivity index (χ0) is 12.0. The van der Waals surface area contributed by atoms with Crippen LogP contribution in [0.1, 0.15) is 29.3 Å². The van der Waals surface area contributed by atoms with Crippen molar-refractivity contribution in [2.45, 2.75) is 20.3 Å². The van der Waals surface area contributed by atoms with Crippen LogP contribution < -0.4 is 5.32 Å². The first-order valence-electron chi connectivity index (χ1n) is 5.13. The van der Waals surface area contributed by atoms with Crippen molar-refractivity contribution < 1.29 is 4.79 Å². The number of hydrogen-bond donors (Lipinski definition) is 1. The van der Waals surface area contributed by atoms with Gasteiger partial charge >= 0.3 is 0 Å². The lowest BCUT2D eigenvalue weighted by molar-refractivity contribution is 0.0953. The predicted molar refractivity (Wildman–Crippen MR) is 62.6 cm³/mol. The summed E-state index contributed by atoms with van der Waals surface area (Å²) in [6.07, 6.45) is 0.890. The molecule has 0 radical (unpaired) electrons. The van der Waals surface area contributed by atoms with E-state index in [1.54, 1.807) is 18.2 Å². The summed E-state index contributed by atoms with van der Waals surface area (Å²) in [6, 6.07) is 5.08. The second kappa shape index (κ2) is 5.78. The summed E-state index contributed by atoms with van der Waals surface area (Å²) in [4.78, 5) is 14.3. The number of nitrogens with one attached hydrogen (secondary N) is 1. The fourth-order valence-electron chi connectivity index (χ4n) is 1.25. The van der Waals surface area contributed by atoms with Crippen LogP contribution in [0.4, 0.5) is 5.69 Å². The fraction of sp³-hybridized carbons (Fsp3) is 0.364. The molecule has 0 aromatic heterocycles. The molecule has 0 aliphatic carbocycles. The Kier molecular flexibility index (Phi) is 4.36. The van der Waals surface area contributed by atoms with E-state index in [2.05, 4.69) is 15.3 Å². The molecule has 5 nitrogen and oxygen atoms in total. The second-order valence-electron chi connectivity index (χ2n) is 3.45. The van der Waals surface area contributed by atoms with Gasteiger partial charge in [-0.15, -0.1) is 0 Å². The first-order valence-corrected chi connectivity index (χ1v) is 5.13. The first kappa shape index (κ1) is 12.1. The van der Waals surface area contributed by atoms with E-state index in [0.29, 0.717) is 17.8 Å². The van der Waals surface area contributed by atoms with Gasteiger partial charge in [0, 0.05) is 22.7 Å². The van der Waals surface area contributed by atoms with Crippen molar-refractivity contribution in [2.75, 3.05) is 6.54 Å². The van der Waals surface area contributed by atoms with Crippen LogP contribution in [0.25, 0.3) is 10.4 Å². The van der Waals surface area contributed by atoms with Crippen molar-refractivity contribution in [2.24, 2.45) is 5.11 Å². The van der Waals surface area contributed by atoms with Crippen LogP contribution in [0, 0.1) is 6.92 Å². The third-order valence-corrected chi connectivity index (χ3v) is 2.16. The van der Waals surface area contributed by atoms with Crippen LogP contribution in [0.3, 0.4) is 0 Å². The molecule has 1 N–H and O–H groups in total. The van der Waals surface area contributed by atoms with Crippen LogP contribution in [-0.4, -0.2) is 12.5 Å². The summed E-state index contributed by atoms with van der Waals surface area (Å²) in [6.45, 7) is 4.46. The summed E-state index contributed by atoms with van der Waals surface area (Å²) >= 11 is 0. The van der Waals surface area contributed by atoms with Crippen LogP contribution in [-0.2, 0) is 0 Å². The highest BCUT2D eigenvalue weighted by atomic mass is 16.1. The number of carbonyl (C=O) groups excluding carboxylic acids is 1. The molecule has 0 saturated heterocycles. The van der Waals surface area contributed by atoms with Gasteiger partial charge in [0.2, 0.25) is 0 Å². The summed E-state index contributed by atoms with van der Waals surface area (Å²) in [5, 5.41) is 6.29. The molecular weight excluding hydrogens is 204 g/mol. The molecule has 0 saturated carbocycles. The highest BCUT2D eigenvalue weighted by Crippen LogP contribution is 2.20. The Balaban J connectivity index is 2.93. The van der Waals surface area contributed by atoms with Gasteiger partial charge in [0.15, 0.2) is 0 Å². The number of hydrogen-bond acceptors (Lipinski definition) is 2. The molecular formula is C11H14N4O. The predicted octanol–water partition coefficient (Wildman–Crippen LogP) is 3.08. The minimum absolute atomic E-state index is 0.142. The zero-order valence-electron chi connectivity index (χ0n) is 9.40. The standard InChI is InChI=1S/C11H14N4O/c1-3-6-13-11(16)9-5-4-8(2)10(7-9)14-15-12/h4-5,7H,3,6H2,1-2H3,(H,13,16). The fourth-order valence-corrected chi connectivity index (χ4v) is 1.25. The number of benzene rings is 1. The molecule has 0 bridgehead atoms. The molecule has 1 aromatic carbocycles. The summed E-state index contributed by atoms with van der Waals surface area (Å²) in [7, 11) is 0. The highest BCUT2D eigenvalue weighted by Gasteiger charge is 2.06. The van der Waals surface area contributed by atoms with Gasteiger partial charge in [0.25, 0.3) is 5.91 Å². The molecule has 1 aromatic rings. The average molecular weight is 218 g/mol. The van der Waals surface area contributed by atoms with Crippen molar-refractivity contribution >= 4 is 11.6 Å². The van der Waals surface area contributed by atoms with E-state index in [4.69, 9.17) is 5.53 Å². The third kappa shape index (κ3) is 3.00. The molecule has 0 aliphatic heterocycles. The van der Waals surface area contributed by atoms with E-state index >= 15 is 0 Å². The Morgan fingerprint density at radius 3 is 2.94 bits per heavy atom. The lowest BCUT2D eigenvalue weighted by atomic mass is 10.1. The van der Waals surface area contributed by atoms with Crippen LogP contribution in [0.15, 0.2) is 23.3 Å². The number of rotatable bonds is 4. The molecule has 84 valence electrons. The second-order valence-corrected chi connectivity index (χ2v) is 3.45. The zero-order valence-corrected chi connectivity index (χ0v) is 9.40. The van der Waals surface area contributed by atoms with Crippen molar-refractivity contribution in [3.63, 3.8) is 0 Å². The van der Waals surface area contributed by atoms with Gasteiger partial charge < -0.3 is 5.32 Å². The average Bonchev–Trinajstić information content (AvgIpc) is 2.29. The Morgan fingerprint density at radius 2 is 2.31 bits per heavy atom. The lowest BCUT2D eigenvalue weighted by Gasteiger charge is -2.05. The smallest absolute Gasteiger partial charge is 0.251 e. The third-order valence-electron chi connectivity index (χ3n) is 2.16. The number of nitrogens with zero attached hydrogens (tertiary/aromatic N) is 3. The Morgan fingerprint density at radius 1 is 1.56 bits per heavy atom. The maximum Gasteiger partial charge on any atom is 0.251 e. The van der Waals surface area contributed by atoms with Crippen molar-refractivity contribution in [3.8, 4) is 0 Å². The largest absolute Gasteiger partial charge is 0.352 e. The maximum atomic E-state index is 11.6. The molecule has 16 heavy (non-hydrogen) atoms. The molecule has 5 heteroatoms. The lowest BCUT2D eigenvalue weighted by Crippen LogP contribution is -2.23. The molecule has 0 aliphatic rings. The summed E-state index contributed by atoms with van der Waals surface area (Å²) < 4.78 is 0. The molecule has 0 atom stereocenters. The van der Waals surface area contributed by atoms with Gasteiger partial charge in [-0.25, -0.2) is 0 Å². The van der Waals surface area contributed by atoms with Crippen molar-refractivity contribution in [1.29, 1.82) is 0 Å². The monoisotopic (exact) mass is 218 g/mol. The van der Waals surface area contributed by atoms with Crippen LogP contribution in [0.2, 0.25) is 0 Å². The SMILES string of the molecule is CCCNC(=O)c1ccc(C)c(N=[N+]=[N-])c1. The van der Waals surface area contributed by atoms with Crippen molar-refractivity contribution in [1.82, 2.24) is 5.32 Å². The normalized spacial score (nSPS) is 9.38. The highest BCUT2D eigenvalue weighted by molar-refractivity contribution is 5.95. The Bertz CT molecular complexity index is 436. The van der Waals surface area contributed by atoms with E-state index in [-0.39, 0.29) is 5.91 Å². The molecule has 0 unspecified atom stereocenters. The van der Waals surface area contributed by atoms with Crippen molar-refractivity contribution in [3.05, 3.63) is 39.8 Å². The Labute approximate surface area is 94.1 Å². The molecule has 0 heterocycles. The maximum absolute atomic E-state index is 11.6. The quantitative estimate of drug-likeness (QED) is 0.470. The van der Waals surface area contributed by atoms with Crippen LogP contribution in [0.5, 0.6) is 0 Å². The molecule has 1 rings (SSSR count). The van der Waals surface area contributed by atoms with Crippen LogP contribution >= 0.6 is 0 Å². The van der Waals surface area contributed by atoms with Gasteiger partial charge in [-0.05, 0) is 36.6 Å².